The second-order valence-electron chi connectivity index (χ2n) is 6.96. The van der Waals surface area contributed by atoms with Gasteiger partial charge in [-0.15, -0.1) is 11.8 Å². The molecule has 29 heavy (non-hydrogen) atoms. The highest BCUT2D eigenvalue weighted by molar-refractivity contribution is 8.01. The number of carbonyl (C=O) groups excluding carboxylic acids is 3. The maximum Gasteiger partial charge on any atom is 0.547 e. The molecule has 0 saturated heterocycles. The van der Waals surface area contributed by atoms with Gasteiger partial charge in [0.1, 0.15) is 16.1 Å². The zero-order valence-corrected chi connectivity index (χ0v) is 17.8. The van der Waals surface area contributed by atoms with Crippen LogP contribution in [-0.4, -0.2) is 53.2 Å². The van der Waals surface area contributed by atoms with Crippen molar-refractivity contribution in [2.75, 3.05) is 12.5 Å². The predicted octanol–water partition coefficient (Wildman–Crippen LogP) is 1.73. The van der Waals surface area contributed by atoms with Crippen LogP contribution in [-0.2, 0) is 25.5 Å². The van der Waals surface area contributed by atoms with Gasteiger partial charge in [-0.2, -0.15) is 0 Å². The quantitative estimate of drug-likeness (QED) is 0.370. The van der Waals surface area contributed by atoms with E-state index in [0.29, 0.717) is 12.0 Å². The molecule has 1 aliphatic rings. The van der Waals surface area contributed by atoms with Crippen LogP contribution in [0.4, 0.5) is 0 Å². The topological polar surface area (TPSA) is 111 Å². The van der Waals surface area contributed by atoms with Gasteiger partial charge in [-0.25, -0.2) is 4.79 Å². The van der Waals surface area contributed by atoms with E-state index in [9.17, 15) is 19.4 Å². The minimum absolute atomic E-state index is 0.111. The summed E-state index contributed by atoms with van der Waals surface area (Å²) < 4.78 is 14.9. The average Bonchev–Trinajstić information content (AvgIpc) is 2.67. The van der Waals surface area contributed by atoms with Crippen LogP contribution >= 0.6 is 11.8 Å². The highest BCUT2D eigenvalue weighted by Gasteiger charge is 2.37. The highest BCUT2D eigenvalue weighted by Crippen LogP contribution is 2.31. The first-order valence-corrected chi connectivity index (χ1v) is 10.4. The molecule has 2 rings (SSSR count). The van der Waals surface area contributed by atoms with E-state index in [4.69, 9.17) is 14.1 Å². The fraction of sp³-hybridized carbons (Fsp3) is 0.526. The number of hydrogen-bond acceptors (Lipinski definition) is 8. The number of thioether (sulfide) groups is 1. The molecule has 1 unspecified atom stereocenters. The molecule has 1 aliphatic heterocycles. The minimum Gasteiger partial charge on any atom is -0.534 e. The van der Waals surface area contributed by atoms with Crippen LogP contribution < -0.4 is 9.97 Å². The summed E-state index contributed by atoms with van der Waals surface area (Å²) in [5, 5.41) is 12.9. The molecule has 0 bridgehead atoms. The van der Waals surface area contributed by atoms with Gasteiger partial charge in [0.05, 0.1) is 5.94 Å². The van der Waals surface area contributed by atoms with Gasteiger partial charge in [0.2, 0.25) is 12.7 Å². The zero-order valence-electron chi connectivity index (χ0n) is 17.0. The van der Waals surface area contributed by atoms with Crippen molar-refractivity contribution in [2.24, 2.45) is 0 Å². The van der Waals surface area contributed by atoms with Crippen LogP contribution in [0.25, 0.3) is 0 Å². The SMILES string of the molecule is CCSC(C)(C)C(=O)OCOC(=O)c1cccc2c1OB(O)C(NC(=O)CC)C2. The maximum atomic E-state index is 12.4. The Bertz CT molecular complexity index is 771. The Morgan fingerprint density at radius 1 is 1.31 bits per heavy atom. The van der Waals surface area contributed by atoms with E-state index in [-0.39, 0.29) is 23.6 Å². The third-order valence-corrected chi connectivity index (χ3v) is 5.56. The van der Waals surface area contributed by atoms with E-state index in [1.54, 1.807) is 32.9 Å². The van der Waals surface area contributed by atoms with E-state index >= 15 is 0 Å². The van der Waals surface area contributed by atoms with Crippen molar-refractivity contribution in [3.8, 4) is 5.75 Å². The second-order valence-corrected chi connectivity index (χ2v) is 8.85. The van der Waals surface area contributed by atoms with Gasteiger partial charge in [-0.1, -0.05) is 26.0 Å². The Labute approximate surface area is 174 Å². The summed E-state index contributed by atoms with van der Waals surface area (Å²) in [5.74, 6) is -1.09. The summed E-state index contributed by atoms with van der Waals surface area (Å²) in [5.41, 5.74) is 0.767. The van der Waals surface area contributed by atoms with E-state index in [0.717, 1.165) is 5.75 Å². The first kappa shape index (κ1) is 23.1. The lowest BCUT2D eigenvalue weighted by Gasteiger charge is -2.29. The predicted molar refractivity (Wildman–Crippen MR) is 110 cm³/mol. The third-order valence-electron chi connectivity index (χ3n) is 4.38. The first-order valence-electron chi connectivity index (χ1n) is 9.43. The summed E-state index contributed by atoms with van der Waals surface area (Å²) in [6, 6.07) is 4.90. The fourth-order valence-corrected chi connectivity index (χ4v) is 3.72. The van der Waals surface area contributed by atoms with Crippen molar-refractivity contribution < 1.29 is 33.5 Å². The Morgan fingerprint density at radius 3 is 2.69 bits per heavy atom. The van der Waals surface area contributed by atoms with Gasteiger partial charge in [-0.3, -0.25) is 9.59 Å². The van der Waals surface area contributed by atoms with Gasteiger partial charge in [0, 0.05) is 6.42 Å². The van der Waals surface area contributed by atoms with Crippen molar-refractivity contribution >= 4 is 36.7 Å². The Hall–Kier alpha value is -2.20. The molecule has 1 atom stereocenters. The molecule has 1 heterocycles. The molecule has 10 heteroatoms. The Balaban J connectivity index is 2.02. The molecule has 0 saturated carbocycles. The molecular weight excluding hydrogens is 397 g/mol. The van der Waals surface area contributed by atoms with Crippen LogP contribution in [0.5, 0.6) is 5.75 Å². The van der Waals surface area contributed by atoms with Crippen LogP contribution in [0, 0.1) is 0 Å². The molecule has 1 amide bonds. The standard InChI is InChI=1S/C19H26BNO7S/c1-5-15(22)21-14-10-12-8-7-9-13(16(12)28-20(14)25)17(23)26-11-27-18(24)19(3,4)29-6-2/h7-9,14,25H,5-6,10-11H2,1-4H3,(H,21,22). The molecule has 158 valence electrons. The van der Waals surface area contributed by atoms with Crippen molar-refractivity contribution in [1.82, 2.24) is 5.32 Å². The third kappa shape index (κ3) is 5.90. The minimum atomic E-state index is -1.29. The smallest absolute Gasteiger partial charge is 0.534 e. The highest BCUT2D eigenvalue weighted by atomic mass is 32.2. The van der Waals surface area contributed by atoms with Crippen molar-refractivity contribution in [2.45, 2.75) is 51.2 Å². The summed E-state index contributed by atoms with van der Waals surface area (Å²) >= 11 is 1.43. The number of benzene rings is 1. The van der Waals surface area contributed by atoms with E-state index in [1.807, 2.05) is 6.92 Å². The monoisotopic (exact) mass is 423 g/mol. The first-order chi connectivity index (χ1) is 13.7. The van der Waals surface area contributed by atoms with Gasteiger partial charge >= 0.3 is 19.1 Å². The van der Waals surface area contributed by atoms with E-state index < -0.39 is 36.5 Å². The molecule has 2 N–H and O–H groups in total. The lowest BCUT2D eigenvalue weighted by Crippen LogP contribution is -2.53. The van der Waals surface area contributed by atoms with Gasteiger partial charge < -0.3 is 24.5 Å². The van der Waals surface area contributed by atoms with Crippen LogP contribution in [0.1, 0.15) is 50.0 Å². The Morgan fingerprint density at radius 2 is 2.03 bits per heavy atom. The van der Waals surface area contributed by atoms with Gasteiger partial charge in [0.25, 0.3) is 0 Å². The maximum absolute atomic E-state index is 12.4. The number of rotatable bonds is 8. The van der Waals surface area contributed by atoms with Crippen LogP contribution in [0.3, 0.4) is 0 Å². The number of nitrogens with one attached hydrogen (secondary N) is 1. The largest absolute Gasteiger partial charge is 0.547 e. The fourth-order valence-electron chi connectivity index (χ4n) is 2.83. The summed E-state index contributed by atoms with van der Waals surface area (Å²) in [4.78, 5) is 36.1. The molecule has 0 fully saturated rings. The van der Waals surface area contributed by atoms with Gasteiger partial charge in [0.15, 0.2) is 0 Å². The lowest BCUT2D eigenvalue weighted by molar-refractivity contribution is -0.154. The molecule has 0 aromatic heterocycles. The number of esters is 2. The van der Waals surface area contributed by atoms with Gasteiger partial charge in [-0.05, 0) is 37.7 Å². The normalized spacial score (nSPS) is 15.8. The number of hydrogen-bond donors (Lipinski definition) is 2. The molecule has 0 radical (unpaired) electrons. The lowest BCUT2D eigenvalue weighted by atomic mass is 9.72. The molecule has 0 aliphatic carbocycles. The number of amides is 1. The Kier molecular flexibility index (Phi) is 7.98. The second kappa shape index (κ2) is 10.0. The molecular formula is C19H26BNO7S. The molecule has 0 spiro atoms. The molecule has 8 nitrogen and oxygen atoms in total. The molecule has 1 aromatic carbocycles. The number of carbonyl (C=O) groups is 3. The van der Waals surface area contributed by atoms with Crippen LogP contribution in [0.2, 0.25) is 0 Å². The number of fused-ring (bicyclic) bond motifs is 1. The summed E-state index contributed by atoms with van der Waals surface area (Å²) in [6.45, 7) is 6.60. The number of para-hydroxylation sites is 1. The van der Waals surface area contributed by atoms with Crippen molar-refractivity contribution in [3.05, 3.63) is 29.3 Å². The zero-order chi connectivity index (χ0) is 21.6. The van der Waals surface area contributed by atoms with Crippen molar-refractivity contribution in [3.63, 3.8) is 0 Å². The van der Waals surface area contributed by atoms with E-state index in [1.165, 1.54) is 17.8 Å². The average molecular weight is 423 g/mol. The summed E-state index contributed by atoms with van der Waals surface area (Å²) in [7, 11) is -1.29. The van der Waals surface area contributed by atoms with Crippen molar-refractivity contribution in [1.29, 1.82) is 0 Å². The van der Waals surface area contributed by atoms with Crippen LogP contribution in [0.15, 0.2) is 18.2 Å². The van der Waals surface area contributed by atoms with E-state index in [2.05, 4.69) is 5.32 Å². The number of ether oxygens (including phenoxy) is 2. The molecule has 1 aromatic rings. The summed E-state index contributed by atoms with van der Waals surface area (Å²) in [6.07, 6.45) is 0.593.